The molecule has 0 saturated carbocycles. The van der Waals surface area contributed by atoms with Gasteiger partial charge in [-0.25, -0.2) is 14.3 Å². The molecule has 0 amide bonds. The molecule has 0 aliphatic heterocycles. The van der Waals surface area contributed by atoms with Crippen LogP contribution in [0.25, 0.3) is 0 Å². The van der Waals surface area contributed by atoms with Crippen LogP contribution >= 0.6 is 7.82 Å². The van der Waals surface area contributed by atoms with Gasteiger partial charge in [-0.1, -0.05) is 64.5 Å². The largest absolute Gasteiger partial charge is 0.469 e. The maximum atomic E-state index is 12.9. The first-order valence-electron chi connectivity index (χ1n) is 15.0. The first-order chi connectivity index (χ1) is 22.6. The quantitative estimate of drug-likeness (QED) is 0.0196. The van der Waals surface area contributed by atoms with Crippen LogP contribution in [0.2, 0.25) is 0 Å². The Kier molecular flexibility index (Phi) is 44.3. The summed E-state index contributed by atoms with van der Waals surface area (Å²) >= 11 is 0. The van der Waals surface area contributed by atoms with Gasteiger partial charge in [0.25, 0.3) is 0 Å². The van der Waals surface area contributed by atoms with Crippen LogP contribution < -0.4 is 0 Å². The Bertz CT molecular complexity index is 1090. The first kappa shape index (κ1) is 65.5. The highest BCUT2D eigenvalue weighted by Gasteiger charge is 2.39. The summed E-state index contributed by atoms with van der Waals surface area (Å²) in [5.74, 6) is -5.91. The topological polar surface area (TPSA) is 243 Å². The summed E-state index contributed by atoms with van der Waals surface area (Å²) in [6.45, 7) is 6.50. The number of rotatable bonds is 27. The van der Waals surface area contributed by atoms with E-state index < -0.39 is 74.1 Å². The summed E-state index contributed by atoms with van der Waals surface area (Å²) in [6, 6.07) is 0. The van der Waals surface area contributed by atoms with Crippen molar-refractivity contribution < 1.29 is 85.8 Å². The van der Waals surface area contributed by atoms with Crippen molar-refractivity contribution >= 4 is 43.6 Å². The molecule has 54 heavy (non-hydrogen) atoms. The van der Waals surface area contributed by atoms with E-state index >= 15 is 0 Å². The van der Waals surface area contributed by atoms with Crippen LogP contribution in [0.15, 0.2) is 12.7 Å². The maximum Gasteiger partial charge on any atom is 0.469 e. The van der Waals surface area contributed by atoms with E-state index in [0.29, 0.717) is 0 Å². The first-order valence-corrected chi connectivity index (χ1v) is 16.6. The molecule has 0 bridgehead atoms. The van der Waals surface area contributed by atoms with Crippen molar-refractivity contribution in [3.8, 4) is 0 Å². The van der Waals surface area contributed by atoms with Gasteiger partial charge in [0, 0.05) is 0 Å². The van der Waals surface area contributed by atoms with E-state index in [2.05, 4.69) is 16.0 Å². The van der Waals surface area contributed by atoms with Crippen LogP contribution in [-0.2, 0) is 76.1 Å². The monoisotopic (exact) mass is 810 g/mol. The Labute approximate surface area is 323 Å². The van der Waals surface area contributed by atoms with Gasteiger partial charge in [-0.15, -0.1) is 6.58 Å². The smallest absolute Gasteiger partial charge is 0.469 e. The molecule has 0 rings (SSSR count). The normalized spacial score (nSPS) is 12.1. The standard InChI is InChI=1S/C29H47O18P.6CH4/c1-6-11-45-46-17-15-41-24(31)9-8-23(30)40-13-14-43-26(33)21(3)19-22(27(34)39-5)20-29(4,7-2)28(35)44-12-10-25(32)42-16-18-47-48(36,37)38;;;;;;/h6,21-22H,1,7-20H2,2-5H3,(H2,36,37,38);6*1H4. The Balaban J connectivity index is -0.000000736. The van der Waals surface area contributed by atoms with Gasteiger partial charge in [-0.2, -0.15) is 0 Å². The fourth-order valence-electron chi connectivity index (χ4n) is 3.79. The minimum atomic E-state index is -4.69. The van der Waals surface area contributed by atoms with E-state index in [4.69, 9.17) is 43.1 Å². The molecule has 3 unspecified atom stereocenters. The predicted molar refractivity (Wildman–Crippen MR) is 201 cm³/mol. The minimum absolute atomic E-state index is 0. The molecule has 0 radical (unpaired) electrons. The molecule has 0 aliphatic carbocycles. The molecule has 3 atom stereocenters. The van der Waals surface area contributed by atoms with E-state index in [1.165, 1.54) is 20.1 Å². The Morgan fingerprint density at radius 1 is 0.704 bits per heavy atom. The highest BCUT2D eigenvalue weighted by atomic mass is 31.2. The van der Waals surface area contributed by atoms with Gasteiger partial charge in [-0.3, -0.25) is 33.3 Å². The summed E-state index contributed by atoms with van der Waals surface area (Å²) in [5, 5.41) is 0. The molecule has 18 nitrogen and oxygen atoms in total. The van der Waals surface area contributed by atoms with Crippen molar-refractivity contribution in [1.82, 2.24) is 0 Å². The van der Waals surface area contributed by atoms with E-state index in [-0.39, 0.29) is 123 Å². The molecule has 0 aliphatic rings. The lowest BCUT2D eigenvalue weighted by molar-refractivity contribution is -0.290. The molecule has 0 spiro atoms. The summed E-state index contributed by atoms with van der Waals surface area (Å²) < 4.78 is 44.6. The predicted octanol–water partition coefficient (Wildman–Crippen LogP) is 5.55. The summed E-state index contributed by atoms with van der Waals surface area (Å²) in [5.41, 5.74) is -1.20. The second-order valence-electron chi connectivity index (χ2n) is 10.4. The fraction of sp³-hybridized carbons (Fsp3) is 0.771. The molecule has 2 N–H and O–H groups in total. The summed E-state index contributed by atoms with van der Waals surface area (Å²) in [4.78, 5) is 100.0. The molecule has 0 aromatic heterocycles. The van der Waals surface area contributed by atoms with E-state index in [9.17, 15) is 33.3 Å². The third-order valence-electron chi connectivity index (χ3n) is 6.51. The number of carbonyl (C=O) groups excluding carboxylic acids is 6. The van der Waals surface area contributed by atoms with Gasteiger partial charge >= 0.3 is 43.6 Å². The number of phosphoric acid groups is 1. The van der Waals surface area contributed by atoms with Crippen LogP contribution in [0, 0.1) is 17.3 Å². The Hall–Kier alpha value is -3.41. The average molecular weight is 811 g/mol. The summed E-state index contributed by atoms with van der Waals surface area (Å²) in [7, 11) is -3.53. The van der Waals surface area contributed by atoms with Gasteiger partial charge in [0.2, 0.25) is 0 Å². The third kappa shape index (κ3) is 32.1. The number of hydrogen-bond acceptors (Lipinski definition) is 16. The molecule has 0 aromatic carbocycles. The van der Waals surface area contributed by atoms with Crippen LogP contribution in [0.1, 0.15) is 104 Å². The van der Waals surface area contributed by atoms with Crippen LogP contribution in [0.4, 0.5) is 0 Å². The average Bonchev–Trinajstić information content (AvgIpc) is 3.04. The lowest BCUT2D eigenvalue weighted by Crippen LogP contribution is -2.36. The second-order valence-corrected chi connectivity index (χ2v) is 11.6. The van der Waals surface area contributed by atoms with E-state index in [1.807, 2.05) is 0 Å². The van der Waals surface area contributed by atoms with Gasteiger partial charge in [0.05, 0.1) is 50.2 Å². The molecule has 19 heteroatoms. The zero-order valence-electron chi connectivity index (χ0n) is 27.7. The zero-order chi connectivity index (χ0) is 36.6. The Morgan fingerprint density at radius 3 is 1.67 bits per heavy atom. The second kappa shape index (κ2) is 36.6. The Morgan fingerprint density at radius 2 is 1.19 bits per heavy atom. The van der Waals surface area contributed by atoms with Crippen LogP contribution in [0.5, 0.6) is 0 Å². The number of hydrogen-bond donors (Lipinski definition) is 2. The molecule has 0 saturated heterocycles. The number of methoxy groups -OCH3 is 1. The van der Waals surface area contributed by atoms with E-state index in [0.717, 1.165) is 0 Å². The molecule has 0 aromatic rings. The molecule has 0 fully saturated rings. The minimum Gasteiger partial charge on any atom is -0.469 e. The number of esters is 6. The van der Waals surface area contributed by atoms with Crippen molar-refractivity contribution in [2.45, 2.75) is 104 Å². The molecular formula is C35H71O18P. The lowest BCUT2D eigenvalue weighted by atomic mass is 9.76. The van der Waals surface area contributed by atoms with Crippen molar-refractivity contribution in [2.75, 3.05) is 60.0 Å². The van der Waals surface area contributed by atoms with Crippen molar-refractivity contribution in [2.24, 2.45) is 17.3 Å². The van der Waals surface area contributed by atoms with Crippen molar-refractivity contribution in [3.05, 3.63) is 12.7 Å². The van der Waals surface area contributed by atoms with Crippen molar-refractivity contribution in [3.63, 3.8) is 0 Å². The molecule has 0 heterocycles. The summed E-state index contributed by atoms with van der Waals surface area (Å²) in [6.07, 6.45) is 0.816. The lowest BCUT2D eigenvalue weighted by Gasteiger charge is -2.30. The van der Waals surface area contributed by atoms with Crippen LogP contribution in [0.3, 0.4) is 0 Å². The fourth-order valence-corrected chi connectivity index (χ4v) is 4.10. The SMILES string of the molecule is C.C.C.C.C.C.C=CCOOCCOC(=O)CCC(=O)OCCOC(=O)C(C)CC(CC(C)(CC)C(=O)OCCC(=O)OCCOP(=O)(O)O)C(=O)OC. The number of phosphoric ester groups is 1. The van der Waals surface area contributed by atoms with Gasteiger partial charge in [0.1, 0.15) is 46.2 Å². The van der Waals surface area contributed by atoms with Crippen molar-refractivity contribution in [1.29, 1.82) is 0 Å². The van der Waals surface area contributed by atoms with Gasteiger partial charge in [-0.05, 0) is 26.2 Å². The maximum absolute atomic E-state index is 12.9. The number of ether oxygens (including phenoxy) is 6. The molecular weight excluding hydrogens is 739 g/mol. The molecule has 324 valence electrons. The highest BCUT2D eigenvalue weighted by molar-refractivity contribution is 7.46. The highest BCUT2D eigenvalue weighted by Crippen LogP contribution is 2.36. The van der Waals surface area contributed by atoms with E-state index in [1.54, 1.807) is 13.8 Å². The third-order valence-corrected chi connectivity index (χ3v) is 7.03. The van der Waals surface area contributed by atoms with Crippen LogP contribution in [-0.4, -0.2) is 106 Å². The number of carbonyl (C=O) groups is 6. The zero-order valence-corrected chi connectivity index (χ0v) is 28.6. The van der Waals surface area contributed by atoms with Gasteiger partial charge in [0.15, 0.2) is 0 Å². The van der Waals surface area contributed by atoms with Gasteiger partial charge < -0.3 is 38.2 Å².